The summed E-state index contributed by atoms with van der Waals surface area (Å²) in [6.45, 7) is 2.87. The zero-order valence-electron chi connectivity index (χ0n) is 16.5. The van der Waals surface area contributed by atoms with E-state index in [0.29, 0.717) is 13.2 Å². The predicted molar refractivity (Wildman–Crippen MR) is 127 cm³/mol. The van der Waals surface area contributed by atoms with Gasteiger partial charge in [-0.3, -0.25) is 9.67 Å². The number of aromatic nitrogens is 3. The van der Waals surface area contributed by atoms with E-state index in [9.17, 15) is 0 Å². The molecule has 1 aliphatic rings. The highest BCUT2D eigenvalue weighted by molar-refractivity contribution is 14.0. The summed E-state index contributed by atoms with van der Waals surface area (Å²) in [5.74, 6) is 0.869. The van der Waals surface area contributed by atoms with Gasteiger partial charge in [0.1, 0.15) is 11.1 Å². The normalized spacial score (nSPS) is 17.1. The van der Waals surface area contributed by atoms with Crippen molar-refractivity contribution in [3.8, 4) is 11.3 Å². The molecule has 0 radical (unpaired) electrons. The largest absolute Gasteiger partial charge is 0.370 e. The Labute approximate surface area is 191 Å². The summed E-state index contributed by atoms with van der Waals surface area (Å²) in [4.78, 5) is 11.4. The number of nitrogens with one attached hydrogen (secondary N) is 1. The molecule has 1 N–H and O–H groups in total. The summed E-state index contributed by atoms with van der Waals surface area (Å²) < 4.78 is 7.73. The zero-order valence-corrected chi connectivity index (χ0v) is 19.6. The van der Waals surface area contributed by atoms with E-state index in [4.69, 9.17) is 9.72 Å². The summed E-state index contributed by atoms with van der Waals surface area (Å²) in [6, 6.07) is 10.2. The van der Waals surface area contributed by atoms with Gasteiger partial charge in [-0.05, 0) is 0 Å². The number of halogens is 1. The Balaban J connectivity index is 0.00000240. The van der Waals surface area contributed by atoms with Crippen molar-refractivity contribution in [2.75, 3.05) is 26.7 Å². The quantitative estimate of drug-likeness (QED) is 0.323. The molecule has 0 spiro atoms. The van der Waals surface area contributed by atoms with Crippen molar-refractivity contribution in [1.82, 2.24) is 25.0 Å². The van der Waals surface area contributed by atoms with Crippen molar-refractivity contribution in [3.05, 3.63) is 58.7 Å². The van der Waals surface area contributed by atoms with Gasteiger partial charge in [-0.1, -0.05) is 30.3 Å². The number of hydrogen-bond donors (Lipinski definition) is 1. The number of ether oxygens (including phenoxy) is 1. The van der Waals surface area contributed by atoms with Gasteiger partial charge in [-0.15, -0.1) is 35.3 Å². The van der Waals surface area contributed by atoms with Gasteiger partial charge >= 0.3 is 0 Å². The number of benzene rings is 1. The van der Waals surface area contributed by atoms with Gasteiger partial charge in [-0.2, -0.15) is 5.10 Å². The van der Waals surface area contributed by atoms with Crippen LogP contribution in [0.15, 0.2) is 53.1 Å². The van der Waals surface area contributed by atoms with Crippen LogP contribution in [0, 0.1) is 0 Å². The van der Waals surface area contributed by atoms with Gasteiger partial charge in [0.25, 0.3) is 0 Å². The lowest BCUT2D eigenvalue weighted by Crippen LogP contribution is -2.47. The van der Waals surface area contributed by atoms with E-state index in [1.54, 1.807) is 16.0 Å². The third-order valence-corrected chi connectivity index (χ3v) is 5.54. The molecule has 0 aliphatic carbocycles. The van der Waals surface area contributed by atoms with Crippen LogP contribution in [0.5, 0.6) is 0 Å². The molecule has 7 nitrogen and oxygen atoms in total. The van der Waals surface area contributed by atoms with Crippen molar-refractivity contribution in [2.24, 2.45) is 12.0 Å². The molecule has 3 aromatic rings. The van der Waals surface area contributed by atoms with E-state index in [1.807, 2.05) is 44.7 Å². The second kappa shape index (κ2) is 10.2. The number of guanidine groups is 1. The van der Waals surface area contributed by atoms with Crippen LogP contribution < -0.4 is 5.32 Å². The Bertz CT molecular complexity index is 941. The van der Waals surface area contributed by atoms with Crippen molar-refractivity contribution in [2.45, 2.75) is 12.6 Å². The lowest BCUT2D eigenvalue weighted by atomic mass is 10.1. The average Bonchev–Trinajstić information content (AvgIpc) is 3.39. The molecule has 1 aromatic carbocycles. The molecule has 0 amide bonds. The van der Waals surface area contributed by atoms with E-state index < -0.39 is 0 Å². The third-order valence-electron chi connectivity index (χ3n) is 4.69. The first kappa shape index (κ1) is 21.7. The van der Waals surface area contributed by atoms with Crippen LogP contribution in [-0.4, -0.2) is 52.4 Å². The van der Waals surface area contributed by atoms with Crippen LogP contribution in [0.25, 0.3) is 11.3 Å². The number of hydrogen-bond acceptors (Lipinski definition) is 5. The molecule has 4 rings (SSSR count). The molecule has 154 valence electrons. The molecule has 2 aromatic heterocycles. The number of nitrogens with zero attached hydrogens (tertiary/aromatic N) is 5. The van der Waals surface area contributed by atoms with Crippen molar-refractivity contribution < 1.29 is 4.74 Å². The van der Waals surface area contributed by atoms with Gasteiger partial charge in [-0.25, -0.2) is 4.98 Å². The fourth-order valence-electron chi connectivity index (χ4n) is 3.27. The first-order chi connectivity index (χ1) is 13.7. The molecular formula is C20H25IN6OS. The summed E-state index contributed by atoms with van der Waals surface area (Å²) >= 11 is 1.66. The molecule has 9 heteroatoms. The highest BCUT2D eigenvalue weighted by Crippen LogP contribution is 2.23. The number of aryl methyl sites for hydroxylation is 1. The zero-order chi connectivity index (χ0) is 19.3. The van der Waals surface area contributed by atoms with E-state index in [0.717, 1.165) is 40.9 Å². The van der Waals surface area contributed by atoms with Crippen LogP contribution >= 0.6 is 35.3 Å². The SMILES string of the molecule is CN=C(NCc1nc(-c2ccccc2)cs1)N1CCOC(c2cnn(C)c2)C1.I. The molecule has 3 heterocycles. The highest BCUT2D eigenvalue weighted by atomic mass is 127. The van der Waals surface area contributed by atoms with Crippen molar-refractivity contribution >= 4 is 41.3 Å². The molecule has 1 fully saturated rings. The molecule has 1 atom stereocenters. The van der Waals surface area contributed by atoms with Gasteiger partial charge in [0, 0.05) is 43.3 Å². The highest BCUT2D eigenvalue weighted by Gasteiger charge is 2.25. The Kier molecular flexibility index (Phi) is 7.62. The lowest BCUT2D eigenvalue weighted by Gasteiger charge is -2.34. The predicted octanol–water partition coefficient (Wildman–Crippen LogP) is 3.31. The molecule has 29 heavy (non-hydrogen) atoms. The standard InChI is InChI=1S/C20H24N6OS.HI/c1-21-20(26-8-9-27-18(13-26)16-10-23-25(2)12-16)22-11-19-24-17(14-28-19)15-6-4-3-5-7-15;/h3-7,10,12,14,18H,8-9,11,13H2,1-2H3,(H,21,22);1H. The summed E-state index contributed by atoms with van der Waals surface area (Å²) in [5, 5.41) is 10.8. The maximum absolute atomic E-state index is 5.93. The second-order valence-corrected chi connectivity index (χ2v) is 7.59. The number of thiazole rings is 1. The minimum Gasteiger partial charge on any atom is -0.370 e. The first-order valence-corrected chi connectivity index (χ1v) is 10.2. The van der Waals surface area contributed by atoms with E-state index in [-0.39, 0.29) is 30.1 Å². The minimum absolute atomic E-state index is 0. The summed E-state index contributed by atoms with van der Waals surface area (Å²) in [7, 11) is 3.73. The molecule has 1 saturated heterocycles. The number of morpholine rings is 1. The lowest BCUT2D eigenvalue weighted by molar-refractivity contribution is -0.00805. The Morgan fingerprint density at radius 1 is 1.34 bits per heavy atom. The Hall–Kier alpha value is -1.98. The van der Waals surface area contributed by atoms with Gasteiger partial charge in [0.05, 0.1) is 31.6 Å². The molecule has 1 unspecified atom stereocenters. The average molecular weight is 524 g/mol. The van der Waals surface area contributed by atoms with Crippen molar-refractivity contribution in [1.29, 1.82) is 0 Å². The van der Waals surface area contributed by atoms with Crippen LogP contribution in [0.4, 0.5) is 0 Å². The Morgan fingerprint density at radius 3 is 2.90 bits per heavy atom. The van der Waals surface area contributed by atoms with Gasteiger partial charge < -0.3 is 15.0 Å². The Morgan fingerprint density at radius 2 is 2.17 bits per heavy atom. The van der Waals surface area contributed by atoms with Crippen LogP contribution in [0.2, 0.25) is 0 Å². The molecular weight excluding hydrogens is 499 g/mol. The van der Waals surface area contributed by atoms with Gasteiger partial charge in [0.2, 0.25) is 0 Å². The fraction of sp³-hybridized carbons (Fsp3) is 0.350. The van der Waals surface area contributed by atoms with Crippen LogP contribution in [0.3, 0.4) is 0 Å². The minimum atomic E-state index is 0. The maximum atomic E-state index is 5.93. The van der Waals surface area contributed by atoms with Crippen LogP contribution in [0.1, 0.15) is 16.7 Å². The van der Waals surface area contributed by atoms with E-state index >= 15 is 0 Å². The summed E-state index contributed by atoms with van der Waals surface area (Å²) in [6.07, 6.45) is 3.88. The molecule has 0 saturated carbocycles. The monoisotopic (exact) mass is 524 g/mol. The maximum Gasteiger partial charge on any atom is 0.194 e. The topological polar surface area (TPSA) is 67.6 Å². The van der Waals surface area contributed by atoms with E-state index in [1.165, 1.54) is 0 Å². The van der Waals surface area contributed by atoms with Gasteiger partial charge in [0.15, 0.2) is 5.96 Å². The third kappa shape index (κ3) is 5.34. The number of rotatable bonds is 4. The molecule has 1 aliphatic heterocycles. The van der Waals surface area contributed by atoms with Crippen molar-refractivity contribution in [3.63, 3.8) is 0 Å². The smallest absolute Gasteiger partial charge is 0.194 e. The van der Waals surface area contributed by atoms with Crippen LogP contribution in [-0.2, 0) is 18.3 Å². The summed E-state index contributed by atoms with van der Waals surface area (Å²) in [5.41, 5.74) is 3.25. The first-order valence-electron chi connectivity index (χ1n) is 9.28. The molecule has 0 bridgehead atoms. The fourth-order valence-corrected chi connectivity index (χ4v) is 4.01. The van der Waals surface area contributed by atoms with E-state index in [2.05, 4.69) is 37.8 Å². The number of aliphatic imine (C=N–C) groups is 1. The second-order valence-electron chi connectivity index (χ2n) is 6.65.